The number of nitrogens with zero attached hydrogens (tertiary/aromatic N) is 3. The van der Waals surface area contributed by atoms with Gasteiger partial charge in [-0.3, -0.25) is 9.69 Å². The number of carbonyl (C=O) groups excluding carboxylic acids is 1. The Labute approximate surface area is 140 Å². The third-order valence-electron chi connectivity index (χ3n) is 3.95. The van der Waals surface area contributed by atoms with Gasteiger partial charge in [0.05, 0.1) is 18.9 Å². The summed E-state index contributed by atoms with van der Waals surface area (Å²) in [5.41, 5.74) is 1.06. The minimum absolute atomic E-state index is 0.196. The van der Waals surface area contributed by atoms with E-state index in [9.17, 15) is 9.18 Å². The molecule has 2 aromatic rings. The van der Waals surface area contributed by atoms with Crippen LogP contribution in [0, 0.1) is 5.82 Å². The predicted molar refractivity (Wildman–Crippen MR) is 87.7 cm³/mol. The Hall–Kier alpha value is -2.25. The van der Waals surface area contributed by atoms with E-state index in [2.05, 4.69) is 15.3 Å². The number of halogens is 1. The first-order valence-electron chi connectivity index (χ1n) is 8.12. The average Bonchev–Trinajstić information content (AvgIpc) is 3.10. The lowest BCUT2D eigenvalue weighted by molar-refractivity contribution is 0.0374. The predicted octanol–water partition coefficient (Wildman–Crippen LogP) is 1.46. The summed E-state index contributed by atoms with van der Waals surface area (Å²) in [6, 6.07) is 7.62. The number of hydrogen-bond acceptors (Lipinski definition) is 4. The maximum atomic E-state index is 12.9. The first-order chi connectivity index (χ1) is 11.7. The number of amides is 1. The van der Waals surface area contributed by atoms with Gasteiger partial charge in [-0.2, -0.15) is 5.10 Å². The number of ether oxygens (including phenoxy) is 1. The second kappa shape index (κ2) is 8.03. The standard InChI is InChI=1S/C17H21FN4O2/c18-14-2-4-15(5-3-14)22-9-6-16(20-22)17(23)19-7-1-8-21-10-12-24-13-11-21/h2-6,9H,1,7-8,10-13H2,(H,19,23). The summed E-state index contributed by atoms with van der Waals surface area (Å²) < 4.78 is 19.8. The van der Waals surface area contributed by atoms with Crippen LogP contribution in [0.25, 0.3) is 5.69 Å². The second-order valence-corrected chi connectivity index (χ2v) is 5.69. The highest BCUT2D eigenvalue weighted by Crippen LogP contribution is 2.09. The Balaban J connectivity index is 1.46. The molecule has 1 saturated heterocycles. The van der Waals surface area contributed by atoms with Gasteiger partial charge in [-0.05, 0) is 43.3 Å². The van der Waals surface area contributed by atoms with Crippen molar-refractivity contribution in [2.75, 3.05) is 39.4 Å². The number of benzene rings is 1. The number of carbonyl (C=O) groups is 1. The van der Waals surface area contributed by atoms with Crippen LogP contribution in [0.1, 0.15) is 16.9 Å². The molecule has 0 atom stereocenters. The van der Waals surface area contributed by atoms with Gasteiger partial charge in [0, 0.05) is 25.8 Å². The Morgan fingerprint density at radius 3 is 2.71 bits per heavy atom. The molecule has 1 aliphatic rings. The lowest BCUT2D eigenvalue weighted by Crippen LogP contribution is -2.38. The Bertz CT molecular complexity index is 665. The maximum Gasteiger partial charge on any atom is 0.271 e. The summed E-state index contributed by atoms with van der Waals surface area (Å²) in [7, 11) is 0. The molecule has 1 amide bonds. The van der Waals surface area contributed by atoms with Gasteiger partial charge in [-0.25, -0.2) is 9.07 Å². The monoisotopic (exact) mass is 332 g/mol. The van der Waals surface area contributed by atoms with E-state index in [4.69, 9.17) is 4.74 Å². The average molecular weight is 332 g/mol. The summed E-state index contributed by atoms with van der Waals surface area (Å²) in [6.07, 6.45) is 2.58. The molecule has 2 heterocycles. The van der Waals surface area contributed by atoms with Crippen LogP contribution in [-0.2, 0) is 4.74 Å². The van der Waals surface area contributed by atoms with E-state index in [1.807, 2.05) is 0 Å². The zero-order chi connectivity index (χ0) is 16.8. The smallest absolute Gasteiger partial charge is 0.271 e. The van der Waals surface area contributed by atoms with Crippen molar-refractivity contribution in [3.05, 3.63) is 48.0 Å². The number of nitrogens with one attached hydrogen (secondary N) is 1. The molecule has 128 valence electrons. The van der Waals surface area contributed by atoms with Crippen molar-refractivity contribution in [3.8, 4) is 5.69 Å². The summed E-state index contributed by atoms with van der Waals surface area (Å²) >= 11 is 0. The lowest BCUT2D eigenvalue weighted by Gasteiger charge is -2.26. The molecule has 6 nitrogen and oxygen atoms in total. The molecule has 0 bridgehead atoms. The molecule has 1 aromatic heterocycles. The van der Waals surface area contributed by atoms with E-state index in [0.29, 0.717) is 17.9 Å². The van der Waals surface area contributed by atoms with Crippen LogP contribution in [0.15, 0.2) is 36.5 Å². The molecular weight excluding hydrogens is 311 g/mol. The van der Waals surface area contributed by atoms with E-state index in [0.717, 1.165) is 39.3 Å². The van der Waals surface area contributed by atoms with Gasteiger partial charge in [-0.15, -0.1) is 0 Å². The van der Waals surface area contributed by atoms with Gasteiger partial charge < -0.3 is 10.1 Å². The number of morpholine rings is 1. The van der Waals surface area contributed by atoms with Crippen LogP contribution in [-0.4, -0.2) is 60.0 Å². The van der Waals surface area contributed by atoms with Crippen molar-refractivity contribution < 1.29 is 13.9 Å². The molecule has 0 unspecified atom stereocenters. The normalized spacial score (nSPS) is 15.4. The number of aromatic nitrogens is 2. The third-order valence-corrected chi connectivity index (χ3v) is 3.95. The van der Waals surface area contributed by atoms with Crippen molar-refractivity contribution in [1.82, 2.24) is 20.0 Å². The molecule has 24 heavy (non-hydrogen) atoms. The number of hydrogen-bond donors (Lipinski definition) is 1. The number of rotatable bonds is 6. The van der Waals surface area contributed by atoms with E-state index in [1.165, 1.54) is 12.1 Å². The van der Waals surface area contributed by atoms with Crippen LogP contribution in [0.5, 0.6) is 0 Å². The first kappa shape index (κ1) is 16.6. The maximum absolute atomic E-state index is 12.9. The molecular formula is C17H21FN4O2. The molecule has 1 aromatic carbocycles. The zero-order valence-electron chi connectivity index (χ0n) is 13.4. The van der Waals surface area contributed by atoms with Crippen LogP contribution < -0.4 is 5.32 Å². The van der Waals surface area contributed by atoms with Gasteiger partial charge in [-0.1, -0.05) is 0 Å². The molecule has 7 heteroatoms. The van der Waals surface area contributed by atoms with Crippen LogP contribution in [0.3, 0.4) is 0 Å². The van der Waals surface area contributed by atoms with Gasteiger partial charge in [0.2, 0.25) is 0 Å². The molecule has 1 fully saturated rings. The molecule has 0 aliphatic carbocycles. The molecule has 0 spiro atoms. The Morgan fingerprint density at radius 2 is 1.96 bits per heavy atom. The Kier molecular flexibility index (Phi) is 5.55. The van der Waals surface area contributed by atoms with E-state index < -0.39 is 0 Å². The van der Waals surface area contributed by atoms with Crippen molar-refractivity contribution in [2.45, 2.75) is 6.42 Å². The fourth-order valence-electron chi connectivity index (χ4n) is 2.60. The fraction of sp³-hybridized carbons (Fsp3) is 0.412. The van der Waals surface area contributed by atoms with Gasteiger partial charge in [0.15, 0.2) is 5.69 Å². The summed E-state index contributed by atoms with van der Waals surface area (Å²) in [4.78, 5) is 14.4. The zero-order valence-corrected chi connectivity index (χ0v) is 13.4. The molecule has 0 radical (unpaired) electrons. The van der Waals surface area contributed by atoms with Crippen molar-refractivity contribution in [1.29, 1.82) is 0 Å². The second-order valence-electron chi connectivity index (χ2n) is 5.69. The quantitative estimate of drug-likeness (QED) is 0.814. The van der Waals surface area contributed by atoms with Crippen molar-refractivity contribution >= 4 is 5.91 Å². The molecule has 1 aliphatic heterocycles. The summed E-state index contributed by atoms with van der Waals surface area (Å²) in [5.74, 6) is -0.498. The first-order valence-corrected chi connectivity index (χ1v) is 8.12. The van der Waals surface area contributed by atoms with Gasteiger partial charge >= 0.3 is 0 Å². The SMILES string of the molecule is O=C(NCCCN1CCOCC1)c1ccn(-c2ccc(F)cc2)n1. The largest absolute Gasteiger partial charge is 0.379 e. The van der Waals surface area contributed by atoms with E-state index in [-0.39, 0.29) is 11.7 Å². The summed E-state index contributed by atoms with van der Waals surface area (Å²) in [6.45, 7) is 5.04. The third kappa shape index (κ3) is 4.39. The lowest BCUT2D eigenvalue weighted by atomic mass is 10.3. The minimum atomic E-state index is -0.302. The molecule has 0 saturated carbocycles. The highest BCUT2D eigenvalue weighted by atomic mass is 19.1. The summed E-state index contributed by atoms with van der Waals surface area (Å²) in [5, 5.41) is 7.11. The minimum Gasteiger partial charge on any atom is -0.379 e. The van der Waals surface area contributed by atoms with Crippen LogP contribution in [0.2, 0.25) is 0 Å². The van der Waals surface area contributed by atoms with E-state index in [1.54, 1.807) is 29.1 Å². The van der Waals surface area contributed by atoms with Crippen molar-refractivity contribution in [3.63, 3.8) is 0 Å². The highest BCUT2D eigenvalue weighted by Gasteiger charge is 2.12. The van der Waals surface area contributed by atoms with E-state index >= 15 is 0 Å². The van der Waals surface area contributed by atoms with Gasteiger partial charge in [0.1, 0.15) is 5.82 Å². The topological polar surface area (TPSA) is 59.4 Å². The van der Waals surface area contributed by atoms with Gasteiger partial charge in [0.25, 0.3) is 5.91 Å². The van der Waals surface area contributed by atoms with Crippen LogP contribution >= 0.6 is 0 Å². The Morgan fingerprint density at radius 1 is 1.21 bits per heavy atom. The fourth-order valence-corrected chi connectivity index (χ4v) is 2.60. The van der Waals surface area contributed by atoms with Crippen LogP contribution in [0.4, 0.5) is 4.39 Å². The highest BCUT2D eigenvalue weighted by molar-refractivity contribution is 5.92. The molecule has 3 rings (SSSR count). The van der Waals surface area contributed by atoms with Crippen molar-refractivity contribution in [2.24, 2.45) is 0 Å². The molecule has 1 N–H and O–H groups in total.